The van der Waals surface area contributed by atoms with Gasteiger partial charge in [0.1, 0.15) is 0 Å². The average molecular weight is 224 g/mol. The molecule has 0 aliphatic carbocycles. The molecule has 1 aliphatic heterocycles. The van der Waals surface area contributed by atoms with Gasteiger partial charge in [-0.2, -0.15) is 0 Å². The van der Waals surface area contributed by atoms with Crippen LogP contribution in [-0.2, 0) is 0 Å². The molecule has 1 heterocycles. The van der Waals surface area contributed by atoms with Crippen molar-refractivity contribution in [3.05, 3.63) is 12.7 Å². The van der Waals surface area contributed by atoms with E-state index in [0.717, 1.165) is 6.54 Å². The second kappa shape index (κ2) is 7.08. The minimum atomic E-state index is 0.535. The molecule has 1 aliphatic rings. The zero-order valence-electron chi connectivity index (χ0n) is 11.1. The monoisotopic (exact) mass is 224 g/mol. The molecule has 94 valence electrons. The average Bonchev–Trinajstić information content (AvgIpc) is 2.68. The van der Waals surface area contributed by atoms with Crippen molar-refractivity contribution in [1.29, 1.82) is 0 Å². The Balaban J connectivity index is 2.53. The molecular formula is C14H28N2. The molecule has 0 bridgehead atoms. The lowest BCUT2D eigenvalue weighted by molar-refractivity contribution is 0.164. The SMILES string of the molecule is C=CCN(CCC)CC1(CCC)CCNC1. The van der Waals surface area contributed by atoms with Gasteiger partial charge in [0.2, 0.25) is 0 Å². The lowest BCUT2D eigenvalue weighted by atomic mass is 9.82. The molecule has 0 aromatic heterocycles. The van der Waals surface area contributed by atoms with E-state index in [-0.39, 0.29) is 0 Å². The molecule has 0 spiro atoms. The summed E-state index contributed by atoms with van der Waals surface area (Å²) in [7, 11) is 0. The molecule has 1 N–H and O–H groups in total. The maximum absolute atomic E-state index is 3.87. The molecule has 2 heteroatoms. The van der Waals surface area contributed by atoms with E-state index in [2.05, 4.69) is 30.6 Å². The molecule has 1 saturated heterocycles. The normalized spacial score (nSPS) is 25.2. The summed E-state index contributed by atoms with van der Waals surface area (Å²) in [4.78, 5) is 2.57. The van der Waals surface area contributed by atoms with E-state index >= 15 is 0 Å². The first kappa shape index (κ1) is 13.7. The summed E-state index contributed by atoms with van der Waals surface area (Å²) in [6, 6.07) is 0. The predicted molar refractivity (Wildman–Crippen MR) is 71.8 cm³/mol. The van der Waals surface area contributed by atoms with E-state index in [4.69, 9.17) is 0 Å². The van der Waals surface area contributed by atoms with Crippen LogP contribution in [0.15, 0.2) is 12.7 Å². The number of nitrogens with one attached hydrogen (secondary N) is 1. The van der Waals surface area contributed by atoms with Crippen molar-refractivity contribution in [3.8, 4) is 0 Å². The highest BCUT2D eigenvalue weighted by Gasteiger charge is 2.34. The van der Waals surface area contributed by atoms with Gasteiger partial charge in [0.15, 0.2) is 0 Å². The third-order valence-electron chi connectivity index (χ3n) is 3.60. The third-order valence-corrected chi connectivity index (χ3v) is 3.60. The van der Waals surface area contributed by atoms with Gasteiger partial charge in [0, 0.05) is 19.6 Å². The van der Waals surface area contributed by atoms with E-state index in [1.54, 1.807) is 0 Å². The van der Waals surface area contributed by atoms with Crippen molar-refractivity contribution < 1.29 is 0 Å². The topological polar surface area (TPSA) is 15.3 Å². The van der Waals surface area contributed by atoms with Crippen LogP contribution in [0.1, 0.15) is 39.5 Å². The van der Waals surface area contributed by atoms with E-state index in [9.17, 15) is 0 Å². The molecular weight excluding hydrogens is 196 g/mol. The van der Waals surface area contributed by atoms with Gasteiger partial charge in [-0.3, -0.25) is 4.90 Å². The highest BCUT2D eigenvalue weighted by molar-refractivity contribution is 4.91. The Morgan fingerprint density at radius 1 is 1.38 bits per heavy atom. The van der Waals surface area contributed by atoms with Crippen LogP contribution in [0.2, 0.25) is 0 Å². The zero-order chi connectivity index (χ0) is 11.9. The van der Waals surface area contributed by atoms with Gasteiger partial charge in [-0.05, 0) is 37.8 Å². The fourth-order valence-corrected chi connectivity index (χ4v) is 2.96. The Morgan fingerprint density at radius 2 is 2.19 bits per heavy atom. The van der Waals surface area contributed by atoms with Crippen molar-refractivity contribution in [2.45, 2.75) is 39.5 Å². The van der Waals surface area contributed by atoms with Crippen LogP contribution in [0, 0.1) is 5.41 Å². The maximum Gasteiger partial charge on any atom is 0.0160 e. The second-order valence-electron chi connectivity index (χ2n) is 5.20. The molecule has 16 heavy (non-hydrogen) atoms. The Morgan fingerprint density at radius 3 is 2.69 bits per heavy atom. The summed E-state index contributed by atoms with van der Waals surface area (Å²) in [5.41, 5.74) is 0.535. The van der Waals surface area contributed by atoms with Crippen LogP contribution in [0.3, 0.4) is 0 Å². The molecule has 1 rings (SSSR count). The lowest BCUT2D eigenvalue weighted by Crippen LogP contribution is -2.39. The first-order valence-electron chi connectivity index (χ1n) is 6.80. The minimum Gasteiger partial charge on any atom is -0.316 e. The Hall–Kier alpha value is -0.340. The molecule has 0 aromatic rings. The summed E-state index contributed by atoms with van der Waals surface area (Å²) in [5, 5.41) is 3.54. The quantitative estimate of drug-likeness (QED) is 0.638. The van der Waals surface area contributed by atoms with E-state index in [1.165, 1.54) is 51.9 Å². The Labute approximate surface area is 101 Å². The summed E-state index contributed by atoms with van der Waals surface area (Å²) in [6.45, 7) is 14.3. The van der Waals surface area contributed by atoms with Gasteiger partial charge in [0.25, 0.3) is 0 Å². The Bertz CT molecular complexity index is 195. The first-order chi connectivity index (χ1) is 7.76. The van der Waals surface area contributed by atoms with Crippen LogP contribution in [0.5, 0.6) is 0 Å². The number of rotatable bonds is 8. The fraction of sp³-hybridized carbons (Fsp3) is 0.857. The zero-order valence-corrected chi connectivity index (χ0v) is 11.1. The molecule has 2 nitrogen and oxygen atoms in total. The van der Waals surface area contributed by atoms with E-state index in [1.807, 2.05) is 6.08 Å². The molecule has 0 radical (unpaired) electrons. The number of hydrogen-bond acceptors (Lipinski definition) is 2. The van der Waals surface area contributed by atoms with Gasteiger partial charge >= 0.3 is 0 Å². The molecule has 1 unspecified atom stereocenters. The summed E-state index contributed by atoms with van der Waals surface area (Å²) in [6.07, 6.45) is 7.28. The van der Waals surface area contributed by atoms with E-state index in [0.29, 0.717) is 5.41 Å². The van der Waals surface area contributed by atoms with Gasteiger partial charge in [-0.15, -0.1) is 6.58 Å². The minimum absolute atomic E-state index is 0.535. The van der Waals surface area contributed by atoms with Crippen molar-refractivity contribution in [1.82, 2.24) is 10.2 Å². The second-order valence-corrected chi connectivity index (χ2v) is 5.20. The summed E-state index contributed by atoms with van der Waals surface area (Å²) < 4.78 is 0. The first-order valence-corrected chi connectivity index (χ1v) is 6.80. The highest BCUT2D eigenvalue weighted by atomic mass is 15.1. The molecule has 1 fully saturated rings. The predicted octanol–water partition coefficient (Wildman–Crippen LogP) is 2.66. The number of nitrogens with zero attached hydrogens (tertiary/aromatic N) is 1. The van der Waals surface area contributed by atoms with Gasteiger partial charge in [0.05, 0.1) is 0 Å². The standard InChI is InChI=1S/C14H28N2/c1-4-7-14(8-9-15-12-14)13-16(10-5-2)11-6-3/h5,15H,2,4,6-13H2,1,3H3. The Kier molecular flexibility index (Phi) is 6.07. The van der Waals surface area contributed by atoms with E-state index < -0.39 is 0 Å². The lowest BCUT2D eigenvalue weighted by Gasteiger charge is -2.34. The molecule has 1 atom stereocenters. The van der Waals surface area contributed by atoms with Crippen molar-refractivity contribution in [2.75, 3.05) is 32.7 Å². The highest BCUT2D eigenvalue weighted by Crippen LogP contribution is 2.32. The summed E-state index contributed by atoms with van der Waals surface area (Å²) in [5.74, 6) is 0. The van der Waals surface area contributed by atoms with Crippen molar-refractivity contribution >= 4 is 0 Å². The molecule has 0 saturated carbocycles. The third kappa shape index (κ3) is 3.91. The maximum atomic E-state index is 3.87. The van der Waals surface area contributed by atoms with Crippen LogP contribution < -0.4 is 5.32 Å². The van der Waals surface area contributed by atoms with Crippen LogP contribution in [-0.4, -0.2) is 37.6 Å². The van der Waals surface area contributed by atoms with Gasteiger partial charge < -0.3 is 5.32 Å². The van der Waals surface area contributed by atoms with Crippen molar-refractivity contribution in [2.24, 2.45) is 5.41 Å². The fourth-order valence-electron chi connectivity index (χ4n) is 2.96. The van der Waals surface area contributed by atoms with Gasteiger partial charge in [-0.25, -0.2) is 0 Å². The van der Waals surface area contributed by atoms with Crippen molar-refractivity contribution in [3.63, 3.8) is 0 Å². The number of hydrogen-bond donors (Lipinski definition) is 1. The smallest absolute Gasteiger partial charge is 0.0160 e. The summed E-state index contributed by atoms with van der Waals surface area (Å²) >= 11 is 0. The van der Waals surface area contributed by atoms with Gasteiger partial charge in [-0.1, -0.05) is 26.3 Å². The molecule has 0 amide bonds. The largest absolute Gasteiger partial charge is 0.316 e. The molecule has 0 aromatic carbocycles. The van der Waals surface area contributed by atoms with Crippen LogP contribution in [0.4, 0.5) is 0 Å². The van der Waals surface area contributed by atoms with Crippen LogP contribution in [0.25, 0.3) is 0 Å². The van der Waals surface area contributed by atoms with Crippen LogP contribution >= 0.6 is 0 Å².